The molecule has 1 N–H and O–H groups in total. The second-order valence-electron chi connectivity index (χ2n) is 7.79. The molecule has 0 atom stereocenters. The molecule has 1 aliphatic carbocycles. The quantitative estimate of drug-likeness (QED) is 0.378. The van der Waals surface area contributed by atoms with Gasteiger partial charge in [0.2, 0.25) is 0 Å². The predicted octanol–water partition coefficient (Wildman–Crippen LogP) is 6.74. The fourth-order valence-corrected chi connectivity index (χ4v) is 4.27. The lowest BCUT2D eigenvalue weighted by Crippen LogP contribution is -2.09. The molecule has 3 nitrogen and oxygen atoms in total. The van der Waals surface area contributed by atoms with Crippen LogP contribution in [0.2, 0.25) is 0 Å². The number of hydrogen-bond acceptors (Lipinski definition) is 3. The SMILES string of the molecule is CC/N=c1\cc2oc3cc(NCC)c(C)cc3c(-c3ccccc3CC)c-2cc1C. The maximum absolute atomic E-state index is 6.47. The topological polar surface area (TPSA) is 37.5 Å². The highest BCUT2D eigenvalue weighted by molar-refractivity contribution is 6.03. The summed E-state index contributed by atoms with van der Waals surface area (Å²) in [4.78, 5) is 4.66. The number of nitrogens with one attached hydrogen (secondary N) is 1. The van der Waals surface area contributed by atoms with E-state index in [0.717, 1.165) is 52.8 Å². The Hall–Kier alpha value is -3.07. The zero-order valence-corrected chi connectivity index (χ0v) is 18.6. The number of nitrogens with zero attached hydrogens (tertiary/aromatic N) is 1. The van der Waals surface area contributed by atoms with Crippen molar-refractivity contribution in [2.75, 3.05) is 18.4 Å². The lowest BCUT2D eigenvalue weighted by Gasteiger charge is -2.20. The molecular formula is C27H30N2O. The van der Waals surface area contributed by atoms with E-state index in [0.29, 0.717) is 0 Å². The number of hydrogen-bond donors (Lipinski definition) is 1. The van der Waals surface area contributed by atoms with Gasteiger partial charge in [-0.15, -0.1) is 0 Å². The van der Waals surface area contributed by atoms with Gasteiger partial charge < -0.3 is 9.73 Å². The molecule has 0 fully saturated rings. The van der Waals surface area contributed by atoms with Crippen LogP contribution in [-0.4, -0.2) is 13.1 Å². The minimum Gasteiger partial charge on any atom is -0.456 e. The van der Waals surface area contributed by atoms with Crippen molar-refractivity contribution in [1.82, 2.24) is 0 Å². The molecule has 0 spiro atoms. The summed E-state index contributed by atoms with van der Waals surface area (Å²) in [5.41, 5.74) is 9.44. The first-order valence-electron chi connectivity index (χ1n) is 10.9. The Morgan fingerprint density at radius 1 is 0.900 bits per heavy atom. The summed E-state index contributed by atoms with van der Waals surface area (Å²) in [7, 11) is 0. The number of fused-ring (bicyclic) bond motifs is 2. The Morgan fingerprint density at radius 2 is 1.70 bits per heavy atom. The monoisotopic (exact) mass is 398 g/mol. The average molecular weight is 399 g/mol. The normalized spacial score (nSPS) is 12.1. The van der Waals surface area contributed by atoms with Crippen LogP contribution in [0.3, 0.4) is 0 Å². The number of anilines is 1. The fourth-order valence-electron chi connectivity index (χ4n) is 4.27. The van der Waals surface area contributed by atoms with Gasteiger partial charge in [0.1, 0.15) is 11.3 Å². The molecular weight excluding hydrogens is 368 g/mol. The molecule has 2 aromatic rings. The van der Waals surface area contributed by atoms with Crippen molar-refractivity contribution in [1.29, 1.82) is 0 Å². The van der Waals surface area contributed by atoms with Gasteiger partial charge >= 0.3 is 0 Å². The molecule has 2 aromatic carbocycles. The van der Waals surface area contributed by atoms with Crippen LogP contribution in [0.1, 0.15) is 37.5 Å². The van der Waals surface area contributed by atoms with Gasteiger partial charge in [0.15, 0.2) is 0 Å². The van der Waals surface area contributed by atoms with E-state index in [2.05, 4.69) is 93.5 Å². The van der Waals surface area contributed by atoms with Crippen LogP contribution in [0, 0.1) is 13.8 Å². The van der Waals surface area contributed by atoms with E-state index in [-0.39, 0.29) is 0 Å². The molecule has 1 aliphatic heterocycles. The smallest absolute Gasteiger partial charge is 0.137 e. The predicted molar refractivity (Wildman–Crippen MR) is 127 cm³/mol. The van der Waals surface area contributed by atoms with E-state index in [1.807, 2.05) is 0 Å². The van der Waals surface area contributed by atoms with Gasteiger partial charge in [0.05, 0.1) is 5.36 Å². The molecule has 0 aromatic heterocycles. The van der Waals surface area contributed by atoms with Crippen LogP contribution >= 0.6 is 0 Å². The Bertz CT molecular complexity index is 1250. The minimum absolute atomic E-state index is 0.759. The minimum atomic E-state index is 0.759. The zero-order chi connectivity index (χ0) is 21.3. The van der Waals surface area contributed by atoms with Gasteiger partial charge in [-0.05, 0) is 68.5 Å². The van der Waals surface area contributed by atoms with E-state index in [1.54, 1.807) is 0 Å². The lowest BCUT2D eigenvalue weighted by molar-refractivity contribution is 0.618. The maximum Gasteiger partial charge on any atom is 0.137 e. The van der Waals surface area contributed by atoms with E-state index in [9.17, 15) is 0 Å². The largest absolute Gasteiger partial charge is 0.456 e. The van der Waals surface area contributed by atoms with Crippen LogP contribution in [-0.2, 0) is 6.42 Å². The van der Waals surface area contributed by atoms with E-state index in [4.69, 9.17) is 4.42 Å². The lowest BCUT2D eigenvalue weighted by atomic mass is 9.88. The highest BCUT2D eigenvalue weighted by Gasteiger charge is 2.20. The van der Waals surface area contributed by atoms with Crippen molar-refractivity contribution in [2.24, 2.45) is 4.99 Å². The van der Waals surface area contributed by atoms with E-state index in [1.165, 1.54) is 27.8 Å². The molecule has 0 amide bonds. The van der Waals surface area contributed by atoms with Gasteiger partial charge in [-0.3, -0.25) is 4.99 Å². The highest BCUT2D eigenvalue weighted by Crippen LogP contribution is 2.42. The molecule has 0 radical (unpaired) electrons. The molecule has 3 heteroatoms. The van der Waals surface area contributed by atoms with Gasteiger partial charge in [-0.25, -0.2) is 0 Å². The summed E-state index contributed by atoms with van der Waals surface area (Å²) in [5, 5.41) is 5.62. The first-order chi connectivity index (χ1) is 14.6. The van der Waals surface area contributed by atoms with Crippen LogP contribution in [0.5, 0.6) is 0 Å². The Labute approximate surface area is 178 Å². The van der Waals surface area contributed by atoms with Crippen molar-refractivity contribution >= 4 is 16.7 Å². The van der Waals surface area contributed by atoms with Gasteiger partial charge in [-0.1, -0.05) is 31.2 Å². The molecule has 154 valence electrons. The summed E-state index contributed by atoms with van der Waals surface area (Å²) >= 11 is 0. The molecule has 0 bridgehead atoms. The van der Waals surface area contributed by atoms with Gasteiger partial charge in [0, 0.05) is 47.4 Å². The molecule has 0 saturated heterocycles. The molecule has 0 saturated carbocycles. The third-order valence-corrected chi connectivity index (χ3v) is 5.75. The van der Waals surface area contributed by atoms with Crippen LogP contribution in [0.25, 0.3) is 33.4 Å². The molecule has 0 unspecified atom stereocenters. The maximum atomic E-state index is 6.47. The molecule has 1 heterocycles. The highest BCUT2D eigenvalue weighted by atomic mass is 16.3. The van der Waals surface area contributed by atoms with Crippen LogP contribution in [0.15, 0.2) is 57.9 Å². The Kier molecular flexibility index (Phi) is 5.63. The summed E-state index contributed by atoms with van der Waals surface area (Å²) in [6.45, 7) is 12.3. The Morgan fingerprint density at radius 3 is 2.43 bits per heavy atom. The first kappa shape index (κ1) is 20.2. The van der Waals surface area contributed by atoms with Crippen molar-refractivity contribution in [3.8, 4) is 22.5 Å². The summed E-state index contributed by atoms with van der Waals surface area (Å²) in [6.07, 6.45) is 0.988. The standard InChI is InChI=1S/C27H30N2O/c1-6-19-11-9-10-12-20(19)27-21-13-17(4)23(28-7-2)15-25(21)30-26-16-24(29-8-3)18(5)14-22(26)27/h9-16,28H,6-8H2,1-5H3/b29-24+. The molecule has 30 heavy (non-hydrogen) atoms. The second kappa shape index (κ2) is 8.35. The third-order valence-electron chi connectivity index (χ3n) is 5.75. The number of aryl methyl sites for hydroxylation is 3. The van der Waals surface area contributed by atoms with E-state index >= 15 is 0 Å². The van der Waals surface area contributed by atoms with Crippen molar-refractivity contribution in [2.45, 2.75) is 41.0 Å². The Balaban J connectivity index is 2.18. The molecule has 2 aliphatic rings. The van der Waals surface area contributed by atoms with Crippen molar-refractivity contribution in [3.63, 3.8) is 0 Å². The van der Waals surface area contributed by atoms with Crippen molar-refractivity contribution < 1.29 is 4.42 Å². The summed E-state index contributed by atoms with van der Waals surface area (Å²) in [6, 6.07) is 17.5. The van der Waals surface area contributed by atoms with E-state index < -0.39 is 0 Å². The third kappa shape index (κ3) is 3.49. The summed E-state index contributed by atoms with van der Waals surface area (Å²) < 4.78 is 6.47. The first-order valence-corrected chi connectivity index (χ1v) is 10.9. The van der Waals surface area contributed by atoms with Crippen LogP contribution < -0.4 is 10.7 Å². The second-order valence-corrected chi connectivity index (χ2v) is 7.79. The number of benzene rings is 3. The molecule has 4 rings (SSSR count). The number of rotatable bonds is 5. The van der Waals surface area contributed by atoms with Gasteiger partial charge in [0.25, 0.3) is 0 Å². The van der Waals surface area contributed by atoms with Crippen LogP contribution in [0.4, 0.5) is 5.69 Å². The average Bonchev–Trinajstić information content (AvgIpc) is 2.74. The summed E-state index contributed by atoms with van der Waals surface area (Å²) in [5.74, 6) is 0.882. The van der Waals surface area contributed by atoms with Gasteiger partial charge in [-0.2, -0.15) is 0 Å². The zero-order valence-electron chi connectivity index (χ0n) is 18.6. The van der Waals surface area contributed by atoms with Crippen molar-refractivity contribution in [3.05, 3.63) is 70.6 Å². The fraction of sp³-hybridized carbons (Fsp3) is 0.296.